The average molecular weight is 439 g/mol. The zero-order chi connectivity index (χ0) is 22.7. The van der Waals surface area contributed by atoms with Gasteiger partial charge in [-0.2, -0.15) is 0 Å². The fourth-order valence-electron chi connectivity index (χ4n) is 4.28. The first kappa shape index (κ1) is 20.0. The van der Waals surface area contributed by atoms with Gasteiger partial charge in [0.2, 0.25) is 5.89 Å². The van der Waals surface area contributed by atoms with Crippen LogP contribution in [0.25, 0.3) is 33.7 Å². The lowest BCUT2D eigenvalue weighted by Crippen LogP contribution is -2.09. The molecule has 0 unspecified atom stereocenters. The lowest BCUT2D eigenvalue weighted by molar-refractivity contribution is 0.620. The van der Waals surface area contributed by atoms with Gasteiger partial charge in [-0.1, -0.05) is 78.9 Å². The van der Waals surface area contributed by atoms with E-state index in [1.807, 2.05) is 54.6 Å². The molecule has 3 heteroatoms. The van der Waals surface area contributed by atoms with E-state index in [1.165, 1.54) is 0 Å². The second-order valence-electron chi connectivity index (χ2n) is 8.09. The Morgan fingerprint density at radius 2 is 1.03 bits per heavy atom. The molecule has 34 heavy (non-hydrogen) atoms. The highest BCUT2D eigenvalue weighted by Gasteiger charge is 2.15. The van der Waals surface area contributed by atoms with Crippen LogP contribution in [-0.2, 0) is 0 Å². The molecule has 1 aromatic heterocycles. The number of aromatic nitrogens is 1. The Balaban J connectivity index is 1.41. The van der Waals surface area contributed by atoms with E-state index in [1.54, 1.807) is 0 Å². The largest absolute Gasteiger partial charge is 0.436 e. The average Bonchev–Trinajstić information content (AvgIpc) is 3.36. The molecule has 0 fully saturated rings. The van der Waals surface area contributed by atoms with Crippen molar-refractivity contribution in [3.05, 3.63) is 133 Å². The summed E-state index contributed by atoms with van der Waals surface area (Å²) >= 11 is 0. The first-order chi connectivity index (χ1) is 16.9. The SMILES string of the molecule is c1ccc(-c2nc3c(-c4ccc(N(c5ccccc5)c5ccccc5)cc4)cccc3o2)cc1. The predicted molar refractivity (Wildman–Crippen MR) is 140 cm³/mol. The molecule has 162 valence electrons. The highest BCUT2D eigenvalue weighted by molar-refractivity contribution is 5.92. The number of rotatable bonds is 5. The predicted octanol–water partition coefficient (Wildman–Crippen LogP) is 8.63. The van der Waals surface area contributed by atoms with Gasteiger partial charge in [-0.05, 0) is 60.2 Å². The van der Waals surface area contributed by atoms with Crippen molar-refractivity contribution in [2.75, 3.05) is 4.90 Å². The Bertz CT molecular complexity index is 1480. The summed E-state index contributed by atoms with van der Waals surface area (Å²) < 4.78 is 6.07. The van der Waals surface area contributed by atoms with Crippen LogP contribution in [0.1, 0.15) is 0 Å². The van der Waals surface area contributed by atoms with Crippen molar-refractivity contribution in [2.24, 2.45) is 0 Å². The van der Waals surface area contributed by atoms with E-state index in [2.05, 4.69) is 83.8 Å². The van der Waals surface area contributed by atoms with E-state index in [4.69, 9.17) is 9.40 Å². The number of nitrogens with zero attached hydrogens (tertiary/aromatic N) is 2. The zero-order valence-corrected chi connectivity index (χ0v) is 18.5. The molecule has 6 rings (SSSR count). The third-order valence-electron chi connectivity index (χ3n) is 5.91. The molecular formula is C31H22N2O. The van der Waals surface area contributed by atoms with Crippen molar-refractivity contribution in [3.8, 4) is 22.6 Å². The summed E-state index contributed by atoms with van der Waals surface area (Å²) in [6.07, 6.45) is 0. The van der Waals surface area contributed by atoms with Gasteiger partial charge in [0.25, 0.3) is 0 Å². The van der Waals surface area contributed by atoms with Crippen molar-refractivity contribution < 1.29 is 4.42 Å². The van der Waals surface area contributed by atoms with Gasteiger partial charge in [0, 0.05) is 28.2 Å². The number of fused-ring (bicyclic) bond motifs is 1. The third-order valence-corrected chi connectivity index (χ3v) is 5.91. The molecule has 3 nitrogen and oxygen atoms in total. The monoisotopic (exact) mass is 438 g/mol. The van der Waals surface area contributed by atoms with Gasteiger partial charge in [0.1, 0.15) is 5.52 Å². The first-order valence-corrected chi connectivity index (χ1v) is 11.3. The van der Waals surface area contributed by atoms with E-state index in [-0.39, 0.29) is 0 Å². The first-order valence-electron chi connectivity index (χ1n) is 11.3. The molecule has 0 atom stereocenters. The van der Waals surface area contributed by atoms with Crippen LogP contribution in [0.5, 0.6) is 0 Å². The van der Waals surface area contributed by atoms with Crippen LogP contribution < -0.4 is 4.90 Å². The minimum Gasteiger partial charge on any atom is -0.436 e. The standard InChI is InChI=1S/C31H22N2O/c1-4-11-24(12-5-1)31-32-30-28(17-10-18-29(30)34-31)23-19-21-27(22-20-23)33(25-13-6-2-7-14-25)26-15-8-3-9-16-26/h1-22H. The molecule has 0 aliphatic carbocycles. The maximum absolute atomic E-state index is 6.07. The number of benzene rings is 5. The summed E-state index contributed by atoms with van der Waals surface area (Å²) in [6, 6.07) is 45.6. The van der Waals surface area contributed by atoms with E-state index in [0.29, 0.717) is 5.89 Å². The molecule has 0 N–H and O–H groups in total. The molecule has 0 aliphatic rings. The lowest BCUT2D eigenvalue weighted by atomic mass is 10.0. The highest BCUT2D eigenvalue weighted by atomic mass is 16.3. The van der Waals surface area contributed by atoms with E-state index < -0.39 is 0 Å². The van der Waals surface area contributed by atoms with Gasteiger partial charge in [0.05, 0.1) is 0 Å². The molecule has 0 amide bonds. The maximum atomic E-state index is 6.07. The van der Waals surface area contributed by atoms with Crippen molar-refractivity contribution in [3.63, 3.8) is 0 Å². The van der Waals surface area contributed by atoms with Crippen molar-refractivity contribution in [1.29, 1.82) is 0 Å². The lowest BCUT2D eigenvalue weighted by Gasteiger charge is -2.25. The van der Waals surface area contributed by atoms with Crippen molar-refractivity contribution in [2.45, 2.75) is 0 Å². The second-order valence-corrected chi connectivity index (χ2v) is 8.09. The van der Waals surface area contributed by atoms with Crippen LogP contribution in [-0.4, -0.2) is 4.98 Å². The van der Waals surface area contributed by atoms with E-state index >= 15 is 0 Å². The minimum atomic E-state index is 0.638. The molecule has 0 radical (unpaired) electrons. The van der Waals surface area contributed by atoms with Crippen LogP contribution >= 0.6 is 0 Å². The molecular weight excluding hydrogens is 416 g/mol. The Kier molecular flexibility index (Phi) is 5.13. The third kappa shape index (κ3) is 3.74. The fraction of sp³-hybridized carbons (Fsp3) is 0. The fourth-order valence-corrected chi connectivity index (χ4v) is 4.28. The quantitative estimate of drug-likeness (QED) is 0.270. The van der Waals surface area contributed by atoms with Gasteiger partial charge in [0.15, 0.2) is 5.58 Å². The Hall–Kier alpha value is -4.63. The molecule has 0 spiro atoms. The summed E-state index contributed by atoms with van der Waals surface area (Å²) in [4.78, 5) is 7.09. The van der Waals surface area contributed by atoms with E-state index in [9.17, 15) is 0 Å². The van der Waals surface area contributed by atoms with Crippen LogP contribution in [0.15, 0.2) is 138 Å². The summed E-state index contributed by atoms with van der Waals surface area (Å²) in [5.41, 5.74) is 8.12. The Morgan fingerprint density at radius 3 is 1.65 bits per heavy atom. The van der Waals surface area contributed by atoms with Gasteiger partial charge in [-0.25, -0.2) is 4.98 Å². The molecule has 0 bridgehead atoms. The highest BCUT2D eigenvalue weighted by Crippen LogP contribution is 2.37. The minimum absolute atomic E-state index is 0.638. The van der Waals surface area contributed by atoms with Crippen LogP contribution in [0.2, 0.25) is 0 Å². The summed E-state index contributed by atoms with van der Waals surface area (Å²) in [5.74, 6) is 0.638. The van der Waals surface area contributed by atoms with Crippen molar-refractivity contribution >= 4 is 28.2 Å². The number of anilines is 3. The van der Waals surface area contributed by atoms with Gasteiger partial charge >= 0.3 is 0 Å². The molecule has 0 saturated heterocycles. The summed E-state index contributed by atoms with van der Waals surface area (Å²) in [5, 5.41) is 0. The topological polar surface area (TPSA) is 29.3 Å². The van der Waals surface area contributed by atoms with Gasteiger partial charge < -0.3 is 9.32 Å². The van der Waals surface area contributed by atoms with Gasteiger partial charge in [-0.3, -0.25) is 0 Å². The van der Waals surface area contributed by atoms with Gasteiger partial charge in [-0.15, -0.1) is 0 Å². The molecule has 0 aliphatic heterocycles. The van der Waals surface area contributed by atoms with Crippen LogP contribution in [0.3, 0.4) is 0 Å². The normalized spacial score (nSPS) is 10.9. The Labute approximate surface area is 198 Å². The second kappa shape index (κ2) is 8.72. The van der Waals surface area contributed by atoms with E-state index in [0.717, 1.165) is 44.9 Å². The molecule has 0 saturated carbocycles. The zero-order valence-electron chi connectivity index (χ0n) is 18.5. The summed E-state index contributed by atoms with van der Waals surface area (Å²) in [6.45, 7) is 0. The number of hydrogen-bond acceptors (Lipinski definition) is 3. The molecule has 5 aromatic carbocycles. The molecule has 1 heterocycles. The van der Waals surface area contributed by atoms with Crippen LogP contribution in [0.4, 0.5) is 17.1 Å². The molecule has 6 aromatic rings. The number of para-hydroxylation sites is 3. The summed E-state index contributed by atoms with van der Waals surface area (Å²) in [7, 11) is 0. The van der Waals surface area contributed by atoms with Crippen LogP contribution in [0, 0.1) is 0 Å². The van der Waals surface area contributed by atoms with Crippen molar-refractivity contribution in [1.82, 2.24) is 4.98 Å². The smallest absolute Gasteiger partial charge is 0.227 e. The maximum Gasteiger partial charge on any atom is 0.227 e. The number of hydrogen-bond donors (Lipinski definition) is 0. The Morgan fingerprint density at radius 1 is 0.471 bits per heavy atom. The number of oxazole rings is 1.